The smallest absolute Gasteiger partial charge is 0.187 e. The predicted octanol–water partition coefficient (Wildman–Crippen LogP) is 4.70. The summed E-state index contributed by atoms with van der Waals surface area (Å²) >= 11 is 1.45. The van der Waals surface area contributed by atoms with Crippen LogP contribution in [0.25, 0.3) is 11.3 Å². The third-order valence-corrected chi connectivity index (χ3v) is 5.64. The molecule has 152 valence electrons. The van der Waals surface area contributed by atoms with E-state index < -0.39 is 0 Å². The number of piperazine rings is 1. The Bertz CT molecular complexity index is 956. The first-order chi connectivity index (χ1) is 14.1. The van der Waals surface area contributed by atoms with E-state index in [-0.39, 0.29) is 5.82 Å². The van der Waals surface area contributed by atoms with Crippen LogP contribution in [0.15, 0.2) is 47.8 Å². The molecule has 4 rings (SSSR count). The van der Waals surface area contributed by atoms with Crippen molar-refractivity contribution in [3.63, 3.8) is 0 Å². The number of nitrogens with zero attached hydrogens (tertiary/aromatic N) is 3. The highest BCUT2D eigenvalue weighted by Gasteiger charge is 2.16. The van der Waals surface area contributed by atoms with Gasteiger partial charge in [-0.25, -0.2) is 9.37 Å². The summed E-state index contributed by atoms with van der Waals surface area (Å²) in [7, 11) is 1.55. The highest BCUT2D eigenvalue weighted by molar-refractivity contribution is 7.14. The molecule has 1 N–H and O–H groups in total. The quantitative estimate of drug-likeness (QED) is 0.590. The van der Waals surface area contributed by atoms with Crippen molar-refractivity contribution in [3.8, 4) is 17.0 Å². The number of methoxy groups -OCH3 is 1. The summed E-state index contributed by atoms with van der Waals surface area (Å²) in [6, 6.07) is 12.6. The van der Waals surface area contributed by atoms with Gasteiger partial charge < -0.3 is 10.1 Å². The minimum Gasteiger partial charge on any atom is -0.495 e. The molecule has 29 heavy (non-hydrogen) atoms. The van der Waals surface area contributed by atoms with Crippen LogP contribution in [0.4, 0.5) is 19.7 Å². The summed E-state index contributed by atoms with van der Waals surface area (Å²) in [5, 5.41) is 6.62. The first-order valence-electron chi connectivity index (χ1n) is 9.39. The average molecular weight is 416 g/mol. The maximum absolute atomic E-state index is 13.5. The van der Waals surface area contributed by atoms with E-state index in [1.54, 1.807) is 13.2 Å². The van der Waals surface area contributed by atoms with Gasteiger partial charge >= 0.3 is 0 Å². The predicted molar refractivity (Wildman–Crippen MR) is 112 cm³/mol. The second-order valence-electron chi connectivity index (χ2n) is 6.89. The summed E-state index contributed by atoms with van der Waals surface area (Å²) in [6.45, 7) is 3.22. The molecular weight excluding hydrogens is 394 g/mol. The zero-order valence-electron chi connectivity index (χ0n) is 16.1. The monoisotopic (exact) mass is 416 g/mol. The fourth-order valence-corrected chi connectivity index (χ4v) is 4.01. The zero-order chi connectivity index (χ0) is 20.2. The molecule has 1 aromatic heterocycles. The average Bonchev–Trinajstić information content (AvgIpc) is 3.19. The number of halogens is 2. The molecule has 0 saturated carbocycles. The van der Waals surface area contributed by atoms with Crippen LogP contribution < -0.4 is 10.1 Å². The van der Waals surface area contributed by atoms with E-state index in [2.05, 4.69) is 27.3 Å². The maximum atomic E-state index is 13.5. The molecule has 1 aliphatic heterocycles. The topological polar surface area (TPSA) is 40.6 Å². The minimum atomic E-state index is -0.339. The van der Waals surface area contributed by atoms with Gasteiger partial charge in [0.2, 0.25) is 0 Å². The SMILES string of the molecule is COc1ccc(F)cc1Nc1nc(-c2ccc(CN3CCN(F)CC3)cc2)cs1. The van der Waals surface area contributed by atoms with Gasteiger partial charge in [0.15, 0.2) is 5.13 Å². The van der Waals surface area contributed by atoms with Crippen LogP contribution in [0, 0.1) is 5.82 Å². The van der Waals surface area contributed by atoms with E-state index in [4.69, 9.17) is 4.74 Å². The van der Waals surface area contributed by atoms with Crippen LogP contribution in [0.1, 0.15) is 5.56 Å². The van der Waals surface area contributed by atoms with Gasteiger partial charge in [-0.1, -0.05) is 24.3 Å². The standard InChI is InChI=1S/C21H22F2N4OS/c1-28-20-7-6-17(22)12-18(20)24-21-25-19(14-29-21)16-4-2-15(3-5-16)13-26-8-10-27(23)11-9-26/h2-7,12,14H,8-11,13H2,1H3,(H,24,25). The fraction of sp³-hybridized carbons (Fsp3) is 0.286. The van der Waals surface area contributed by atoms with Gasteiger partial charge in [0.1, 0.15) is 11.6 Å². The second-order valence-corrected chi connectivity index (χ2v) is 7.75. The number of aromatic nitrogens is 1. The van der Waals surface area contributed by atoms with Crippen molar-refractivity contribution in [2.45, 2.75) is 6.54 Å². The molecule has 1 fully saturated rings. The summed E-state index contributed by atoms with van der Waals surface area (Å²) < 4.78 is 31.9. The van der Waals surface area contributed by atoms with E-state index in [9.17, 15) is 8.87 Å². The Morgan fingerprint density at radius 1 is 1.10 bits per heavy atom. The molecule has 0 unspecified atom stereocenters. The van der Waals surface area contributed by atoms with Crippen molar-refractivity contribution in [1.82, 2.24) is 15.0 Å². The molecule has 0 aliphatic carbocycles. The first kappa shape index (κ1) is 19.8. The molecule has 0 atom stereocenters. The van der Waals surface area contributed by atoms with Crippen LogP contribution in [0.5, 0.6) is 5.75 Å². The lowest BCUT2D eigenvalue weighted by atomic mass is 10.1. The Labute approximate surface area is 172 Å². The number of hydrogen-bond donors (Lipinski definition) is 1. The Morgan fingerprint density at radius 3 is 2.59 bits per heavy atom. The van der Waals surface area contributed by atoms with Crippen molar-refractivity contribution in [2.24, 2.45) is 0 Å². The normalized spacial score (nSPS) is 15.4. The molecule has 5 nitrogen and oxygen atoms in total. The van der Waals surface area contributed by atoms with Crippen molar-refractivity contribution in [1.29, 1.82) is 0 Å². The van der Waals surface area contributed by atoms with Gasteiger partial charge in [0.25, 0.3) is 0 Å². The number of rotatable bonds is 6. The van der Waals surface area contributed by atoms with Crippen LogP contribution in [-0.4, -0.2) is 48.3 Å². The number of hydrogen-bond acceptors (Lipinski definition) is 6. The molecule has 0 bridgehead atoms. The fourth-order valence-electron chi connectivity index (χ4n) is 3.28. The maximum Gasteiger partial charge on any atom is 0.187 e. The number of ether oxygens (including phenoxy) is 1. The number of benzene rings is 2. The zero-order valence-corrected chi connectivity index (χ0v) is 16.9. The Hall–Kier alpha value is -2.55. The number of anilines is 2. The molecule has 2 aromatic carbocycles. The van der Waals surface area contributed by atoms with Crippen molar-refractivity contribution in [3.05, 3.63) is 59.2 Å². The van der Waals surface area contributed by atoms with Crippen LogP contribution in [0.3, 0.4) is 0 Å². The molecule has 2 heterocycles. The van der Waals surface area contributed by atoms with Gasteiger partial charge in [-0.2, -0.15) is 0 Å². The van der Waals surface area contributed by atoms with Gasteiger partial charge in [-0.15, -0.1) is 20.9 Å². The van der Waals surface area contributed by atoms with Crippen molar-refractivity contribution >= 4 is 22.2 Å². The molecule has 8 heteroatoms. The van der Waals surface area contributed by atoms with Crippen molar-refractivity contribution < 1.29 is 13.6 Å². The third kappa shape index (κ3) is 4.90. The lowest BCUT2D eigenvalue weighted by Crippen LogP contribution is -2.42. The summed E-state index contributed by atoms with van der Waals surface area (Å²) in [5.41, 5.74) is 3.60. The van der Waals surface area contributed by atoms with Crippen LogP contribution in [-0.2, 0) is 6.54 Å². The number of nitrogens with one attached hydrogen (secondary N) is 1. The Balaban J connectivity index is 1.42. The first-order valence-corrected chi connectivity index (χ1v) is 10.3. The number of thiazole rings is 1. The molecule has 0 spiro atoms. The molecule has 3 aromatic rings. The summed E-state index contributed by atoms with van der Waals surface area (Å²) in [4.78, 5) is 6.86. The summed E-state index contributed by atoms with van der Waals surface area (Å²) in [6.07, 6.45) is 0. The largest absolute Gasteiger partial charge is 0.495 e. The molecule has 1 aliphatic rings. The van der Waals surface area contributed by atoms with E-state index in [1.807, 2.05) is 17.5 Å². The highest BCUT2D eigenvalue weighted by atomic mass is 32.1. The van der Waals surface area contributed by atoms with E-state index in [0.717, 1.165) is 36.0 Å². The van der Waals surface area contributed by atoms with Crippen LogP contribution >= 0.6 is 11.3 Å². The molecule has 0 amide bonds. The minimum absolute atomic E-state index is 0.339. The van der Waals surface area contributed by atoms with E-state index in [0.29, 0.717) is 29.7 Å². The molecule has 1 saturated heterocycles. The van der Waals surface area contributed by atoms with Crippen molar-refractivity contribution in [2.75, 3.05) is 38.6 Å². The highest BCUT2D eigenvalue weighted by Crippen LogP contribution is 2.32. The van der Waals surface area contributed by atoms with Gasteiger partial charge in [0.05, 0.1) is 18.5 Å². The summed E-state index contributed by atoms with van der Waals surface area (Å²) in [5.74, 6) is 0.217. The molecular formula is C21H22F2N4OS. The third-order valence-electron chi connectivity index (χ3n) is 4.88. The van der Waals surface area contributed by atoms with Gasteiger partial charge in [0, 0.05) is 49.7 Å². The Morgan fingerprint density at radius 2 is 1.86 bits per heavy atom. The van der Waals surface area contributed by atoms with Gasteiger partial charge in [-0.05, 0) is 17.7 Å². The van der Waals surface area contributed by atoms with Gasteiger partial charge in [-0.3, -0.25) is 4.90 Å². The molecule has 0 radical (unpaired) electrons. The van der Waals surface area contributed by atoms with E-state index in [1.165, 1.54) is 29.0 Å². The second kappa shape index (κ2) is 8.86. The van der Waals surface area contributed by atoms with E-state index >= 15 is 0 Å². The Kier molecular flexibility index (Phi) is 6.03. The van der Waals surface area contributed by atoms with Crippen LogP contribution in [0.2, 0.25) is 0 Å². The lowest BCUT2D eigenvalue weighted by Gasteiger charge is -2.29. The lowest BCUT2D eigenvalue weighted by molar-refractivity contribution is -0.0235.